The number of hydrogen-bond donors (Lipinski definition) is 2. The van der Waals surface area contributed by atoms with E-state index in [1.54, 1.807) is 0 Å². The fourth-order valence-corrected chi connectivity index (χ4v) is 1.76. The van der Waals surface area contributed by atoms with Crippen molar-refractivity contribution in [3.63, 3.8) is 0 Å². The largest absolute Gasteiger partial charge is 0.329 e. The third-order valence-corrected chi connectivity index (χ3v) is 2.69. The van der Waals surface area contributed by atoms with Crippen molar-refractivity contribution in [2.75, 3.05) is 20.1 Å². The third kappa shape index (κ3) is 2.13. The number of nitrogens with two attached hydrogens (primary N) is 1. The van der Waals surface area contributed by atoms with Crippen molar-refractivity contribution in [1.82, 2.24) is 15.1 Å². The summed E-state index contributed by atoms with van der Waals surface area (Å²) in [6.07, 6.45) is 4.58. The lowest BCUT2D eigenvalue weighted by Gasteiger charge is -2.14. The first-order valence-electron chi connectivity index (χ1n) is 5.22. The van der Waals surface area contributed by atoms with Gasteiger partial charge in [0.05, 0.1) is 6.20 Å². The smallest absolute Gasteiger partial charge is 0.0535 e. The van der Waals surface area contributed by atoms with Crippen LogP contribution in [0.15, 0.2) is 6.20 Å². The van der Waals surface area contributed by atoms with Crippen LogP contribution >= 0.6 is 0 Å². The minimum atomic E-state index is 0.715. The second kappa shape index (κ2) is 4.11. The van der Waals surface area contributed by atoms with Gasteiger partial charge < -0.3 is 10.6 Å². The van der Waals surface area contributed by atoms with Crippen LogP contribution < -0.4 is 5.73 Å². The Bertz CT molecular complexity index is 290. The highest BCUT2D eigenvalue weighted by molar-refractivity contribution is 5.24. The lowest BCUT2D eigenvalue weighted by Crippen LogP contribution is -2.25. The summed E-state index contributed by atoms with van der Waals surface area (Å²) in [6, 6.07) is 0. The van der Waals surface area contributed by atoms with Crippen molar-refractivity contribution in [3.05, 3.63) is 17.5 Å². The zero-order valence-corrected chi connectivity index (χ0v) is 8.66. The van der Waals surface area contributed by atoms with E-state index in [1.165, 1.54) is 24.1 Å². The summed E-state index contributed by atoms with van der Waals surface area (Å²) in [5, 5.41) is 7.22. The number of hydrogen-bond acceptors (Lipinski definition) is 3. The van der Waals surface area contributed by atoms with E-state index in [-0.39, 0.29) is 0 Å². The zero-order chi connectivity index (χ0) is 9.97. The van der Waals surface area contributed by atoms with E-state index < -0.39 is 0 Å². The molecule has 1 aliphatic carbocycles. The Morgan fingerprint density at radius 1 is 1.64 bits per heavy atom. The average Bonchev–Trinajstić information content (AvgIpc) is 2.89. The number of rotatable bonds is 5. The number of H-pyrrole nitrogens is 1. The molecule has 4 heteroatoms. The molecule has 0 unspecified atom stereocenters. The van der Waals surface area contributed by atoms with Gasteiger partial charge in [-0.15, -0.1) is 0 Å². The normalized spacial score (nSPS) is 16.5. The summed E-state index contributed by atoms with van der Waals surface area (Å²) in [6.45, 7) is 2.61. The van der Waals surface area contributed by atoms with Gasteiger partial charge >= 0.3 is 0 Å². The Hall–Kier alpha value is -0.870. The third-order valence-electron chi connectivity index (χ3n) is 2.69. The molecule has 0 aliphatic heterocycles. The van der Waals surface area contributed by atoms with Gasteiger partial charge in [0, 0.05) is 36.8 Å². The minimum Gasteiger partial charge on any atom is -0.329 e. The number of nitrogens with zero attached hydrogens (tertiary/aromatic N) is 2. The van der Waals surface area contributed by atoms with Gasteiger partial charge in [-0.2, -0.15) is 5.10 Å². The Balaban J connectivity index is 1.97. The molecule has 1 fully saturated rings. The van der Waals surface area contributed by atoms with Gasteiger partial charge in [0.25, 0.3) is 0 Å². The Morgan fingerprint density at radius 3 is 3.07 bits per heavy atom. The summed E-state index contributed by atoms with van der Waals surface area (Å²) in [4.78, 5) is 2.23. The van der Waals surface area contributed by atoms with E-state index in [1.807, 2.05) is 6.20 Å². The van der Waals surface area contributed by atoms with Crippen LogP contribution in [0.25, 0.3) is 0 Å². The summed E-state index contributed by atoms with van der Waals surface area (Å²) in [5.74, 6) is 0.749. The standard InChI is InChI=1S/C10H18N4/c1-14(5-4-11)7-9-6-12-13-10(9)8-2-3-8/h6,8H,2-5,7,11H2,1H3,(H,12,13). The number of aromatic amines is 1. The Kier molecular flexibility index (Phi) is 2.84. The minimum absolute atomic E-state index is 0.715. The van der Waals surface area contributed by atoms with E-state index in [9.17, 15) is 0 Å². The maximum Gasteiger partial charge on any atom is 0.0535 e. The average molecular weight is 194 g/mol. The highest BCUT2D eigenvalue weighted by Crippen LogP contribution is 2.40. The molecule has 0 saturated heterocycles. The highest BCUT2D eigenvalue weighted by Gasteiger charge is 2.27. The first-order chi connectivity index (χ1) is 6.81. The Labute approximate surface area is 84.5 Å². The molecule has 0 spiro atoms. The lowest BCUT2D eigenvalue weighted by atomic mass is 10.2. The number of aromatic nitrogens is 2. The van der Waals surface area contributed by atoms with Crippen LogP contribution in [0.3, 0.4) is 0 Å². The molecule has 0 amide bonds. The van der Waals surface area contributed by atoms with Gasteiger partial charge in [0.1, 0.15) is 0 Å². The first-order valence-corrected chi connectivity index (χ1v) is 5.22. The van der Waals surface area contributed by atoms with Crippen LogP contribution in [0.4, 0.5) is 0 Å². The topological polar surface area (TPSA) is 57.9 Å². The van der Waals surface area contributed by atoms with Crippen LogP contribution in [-0.2, 0) is 6.54 Å². The van der Waals surface area contributed by atoms with Crippen LogP contribution in [0.1, 0.15) is 30.0 Å². The van der Waals surface area contributed by atoms with Crippen LogP contribution in [0.5, 0.6) is 0 Å². The summed E-state index contributed by atoms with van der Waals surface area (Å²) in [7, 11) is 2.09. The van der Waals surface area contributed by atoms with Gasteiger partial charge in [-0.25, -0.2) is 0 Å². The predicted octanol–water partition coefficient (Wildman–Crippen LogP) is 0.678. The first kappa shape index (κ1) is 9.68. The van der Waals surface area contributed by atoms with Crippen molar-refractivity contribution >= 4 is 0 Å². The molecule has 1 saturated carbocycles. The van der Waals surface area contributed by atoms with Crippen molar-refractivity contribution in [2.45, 2.75) is 25.3 Å². The summed E-state index contributed by atoms with van der Waals surface area (Å²) >= 11 is 0. The van der Waals surface area contributed by atoms with Crippen molar-refractivity contribution in [3.8, 4) is 0 Å². The van der Waals surface area contributed by atoms with Crippen molar-refractivity contribution < 1.29 is 0 Å². The van der Waals surface area contributed by atoms with Gasteiger partial charge in [-0.1, -0.05) is 0 Å². The van der Waals surface area contributed by atoms with Crippen molar-refractivity contribution in [1.29, 1.82) is 0 Å². The van der Waals surface area contributed by atoms with Crippen LogP contribution in [-0.4, -0.2) is 35.2 Å². The summed E-state index contributed by atoms with van der Waals surface area (Å²) in [5.41, 5.74) is 8.18. The molecule has 0 radical (unpaired) electrons. The van der Waals surface area contributed by atoms with Crippen LogP contribution in [0, 0.1) is 0 Å². The SMILES string of the molecule is CN(CCN)Cc1cn[nH]c1C1CC1. The van der Waals surface area contributed by atoms with Crippen molar-refractivity contribution in [2.24, 2.45) is 5.73 Å². The maximum atomic E-state index is 5.50. The molecule has 0 aromatic carbocycles. The summed E-state index contributed by atoms with van der Waals surface area (Å²) < 4.78 is 0. The molecule has 0 bridgehead atoms. The molecule has 78 valence electrons. The fraction of sp³-hybridized carbons (Fsp3) is 0.700. The second-order valence-electron chi connectivity index (χ2n) is 4.11. The molecular formula is C10H18N4. The molecular weight excluding hydrogens is 176 g/mol. The van der Waals surface area contributed by atoms with E-state index in [2.05, 4.69) is 22.1 Å². The van der Waals surface area contributed by atoms with Crippen LogP contribution in [0.2, 0.25) is 0 Å². The molecule has 1 aromatic heterocycles. The molecule has 1 aliphatic rings. The molecule has 3 N–H and O–H groups in total. The fourth-order valence-electron chi connectivity index (χ4n) is 1.76. The van der Waals surface area contributed by atoms with Gasteiger partial charge in [-0.3, -0.25) is 5.10 Å². The zero-order valence-electron chi connectivity index (χ0n) is 8.66. The predicted molar refractivity (Wildman–Crippen MR) is 56.0 cm³/mol. The van der Waals surface area contributed by atoms with Gasteiger partial charge in [0.15, 0.2) is 0 Å². The molecule has 0 atom stereocenters. The molecule has 1 aromatic rings. The van der Waals surface area contributed by atoms with Gasteiger partial charge in [-0.05, 0) is 19.9 Å². The van der Waals surface area contributed by atoms with E-state index >= 15 is 0 Å². The molecule has 2 rings (SSSR count). The monoisotopic (exact) mass is 194 g/mol. The number of likely N-dealkylation sites (N-methyl/N-ethyl adjacent to an activating group) is 1. The lowest BCUT2D eigenvalue weighted by molar-refractivity contribution is 0.335. The molecule has 14 heavy (non-hydrogen) atoms. The van der Waals surface area contributed by atoms with E-state index in [0.29, 0.717) is 6.54 Å². The maximum absolute atomic E-state index is 5.50. The molecule has 4 nitrogen and oxygen atoms in total. The Morgan fingerprint density at radius 2 is 2.43 bits per heavy atom. The second-order valence-corrected chi connectivity index (χ2v) is 4.11. The van der Waals surface area contributed by atoms with E-state index in [4.69, 9.17) is 5.73 Å². The quantitative estimate of drug-likeness (QED) is 0.724. The highest BCUT2D eigenvalue weighted by atomic mass is 15.1. The number of nitrogens with one attached hydrogen (secondary N) is 1. The van der Waals surface area contributed by atoms with Gasteiger partial charge in [0.2, 0.25) is 0 Å². The van der Waals surface area contributed by atoms with E-state index in [0.717, 1.165) is 19.0 Å². The molecule has 1 heterocycles.